The first-order valence-corrected chi connectivity index (χ1v) is 6.42. The highest BCUT2D eigenvalue weighted by Gasteiger charge is 2.23. The molecular formula is C12H18N2S. The second-order valence-electron chi connectivity index (χ2n) is 4.14. The molecular weight excluding hydrogens is 204 g/mol. The number of benzene rings is 1. The van der Waals surface area contributed by atoms with E-state index in [4.69, 9.17) is 11.5 Å². The van der Waals surface area contributed by atoms with Gasteiger partial charge in [-0.1, -0.05) is 25.0 Å². The summed E-state index contributed by atoms with van der Waals surface area (Å²) in [6.45, 7) is 0. The average molecular weight is 222 g/mol. The molecule has 2 rings (SSSR count). The van der Waals surface area contributed by atoms with E-state index in [0.717, 1.165) is 12.1 Å². The van der Waals surface area contributed by atoms with Crippen LogP contribution in [-0.2, 0) is 0 Å². The van der Waals surface area contributed by atoms with Crippen molar-refractivity contribution < 1.29 is 0 Å². The molecule has 82 valence electrons. The maximum Gasteiger partial charge on any atom is 0.0452 e. The minimum Gasteiger partial charge on any atom is -0.398 e. The van der Waals surface area contributed by atoms with Gasteiger partial charge in [0.2, 0.25) is 0 Å². The van der Waals surface area contributed by atoms with Crippen molar-refractivity contribution in [3.05, 3.63) is 24.3 Å². The SMILES string of the molecule is Nc1ccccc1SC1CCCCC1N. The first-order chi connectivity index (χ1) is 7.27. The Balaban J connectivity index is 2.04. The van der Waals surface area contributed by atoms with Crippen molar-refractivity contribution in [2.24, 2.45) is 5.73 Å². The molecule has 1 saturated carbocycles. The van der Waals surface area contributed by atoms with Gasteiger partial charge in [-0.2, -0.15) is 0 Å². The van der Waals surface area contributed by atoms with E-state index < -0.39 is 0 Å². The number of thioether (sulfide) groups is 1. The van der Waals surface area contributed by atoms with Gasteiger partial charge in [0.15, 0.2) is 0 Å². The number of para-hydroxylation sites is 1. The summed E-state index contributed by atoms with van der Waals surface area (Å²) in [5, 5.41) is 0.545. The van der Waals surface area contributed by atoms with Crippen LogP contribution in [0.1, 0.15) is 25.7 Å². The number of anilines is 1. The monoisotopic (exact) mass is 222 g/mol. The average Bonchev–Trinajstić information content (AvgIpc) is 2.24. The third-order valence-electron chi connectivity index (χ3n) is 2.95. The summed E-state index contributed by atoms with van der Waals surface area (Å²) in [4.78, 5) is 1.18. The molecule has 4 N–H and O–H groups in total. The number of nitrogen functional groups attached to an aromatic ring is 1. The van der Waals surface area contributed by atoms with Gasteiger partial charge in [0.1, 0.15) is 0 Å². The standard InChI is InChI=1S/C12H18N2S/c13-9-5-1-3-7-11(9)15-12-8-4-2-6-10(12)14/h1,3,5,7,10,12H,2,4,6,8,13-14H2. The van der Waals surface area contributed by atoms with E-state index in [1.165, 1.54) is 24.2 Å². The Bertz CT molecular complexity index is 327. The van der Waals surface area contributed by atoms with Crippen molar-refractivity contribution in [1.82, 2.24) is 0 Å². The smallest absolute Gasteiger partial charge is 0.0452 e. The van der Waals surface area contributed by atoms with Gasteiger partial charge in [0, 0.05) is 21.9 Å². The van der Waals surface area contributed by atoms with Crippen LogP contribution in [0.3, 0.4) is 0 Å². The molecule has 2 unspecified atom stereocenters. The van der Waals surface area contributed by atoms with Crippen LogP contribution in [0.25, 0.3) is 0 Å². The van der Waals surface area contributed by atoms with Gasteiger partial charge in [-0.25, -0.2) is 0 Å². The highest BCUT2D eigenvalue weighted by atomic mass is 32.2. The van der Waals surface area contributed by atoms with E-state index in [1.807, 2.05) is 30.0 Å². The zero-order valence-electron chi connectivity index (χ0n) is 8.86. The molecule has 1 aliphatic carbocycles. The van der Waals surface area contributed by atoms with Gasteiger partial charge in [-0.3, -0.25) is 0 Å². The fourth-order valence-corrected chi connectivity index (χ4v) is 3.31. The Morgan fingerprint density at radius 1 is 1.13 bits per heavy atom. The first-order valence-electron chi connectivity index (χ1n) is 5.54. The predicted octanol–water partition coefficient (Wildman–Crippen LogP) is 2.63. The van der Waals surface area contributed by atoms with Crippen molar-refractivity contribution in [3.63, 3.8) is 0 Å². The maximum atomic E-state index is 6.12. The van der Waals surface area contributed by atoms with Crippen molar-refractivity contribution >= 4 is 17.4 Å². The van der Waals surface area contributed by atoms with Crippen LogP contribution in [0.2, 0.25) is 0 Å². The topological polar surface area (TPSA) is 52.0 Å². The summed E-state index contributed by atoms with van der Waals surface area (Å²) in [5.41, 5.74) is 12.9. The number of nitrogens with two attached hydrogens (primary N) is 2. The lowest BCUT2D eigenvalue weighted by molar-refractivity contribution is 0.453. The van der Waals surface area contributed by atoms with Gasteiger partial charge in [-0.05, 0) is 25.0 Å². The van der Waals surface area contributed by atoms with E-state index in [9.17, 15) is 0 Å². The van der Waals surface area contributed by atoms with E-state index in [2.05, 4.69) is 6.07 Å². The quantitative estimate of drug-likeness (QED) is 0.756. The largest absolute Gasteiger partial charge is 0.398 e. The van der Waals surface area contributed by atoms with Crippen LogP contribution in [0, 0.1) is 0 Å². The minimum absolute atomic E-state index is 0.336. The molecule has 0 amide bonds. The van der Waals surface area contributed by atoms with Crippen LogP contribution in [0.4, 0.5) is 5.69 Å². The number of hydrogen-bond acceptors (Lipinski definition) is 3. The molecule has 2 atom stereocenters. The fraction of sp³-hybridized carbons (Fsp3) is 0.500. The summed E-state index contributed by atoms with van der Waals surface area (Å²) in [7, 11) is 0. The summed E-state index contributed by atoms with van der Waals surface area (Å²) in [6.07, 6.45) is 4.96. The molecule has 0 spiro atoms. The first kappa shape index (κ1) is 10.8. The van der Waals surface area contributed by atoms with E-state index in [0.29, 0.717) is 11.3 Å². The lowest BCUT2D eigenvalue weighted by Crippen LogP contribution is -2.35. The van der Waals surface area contributed by atoms with Gasteiger partial charge < -0.3 is 11.5 Å². The van der Waals surface area contributed by atoms with E-state index in [1.54, 1.807) is 0 Å². The molecule has 0 radical (unpaired) electrons. The zero-order valence-corrected chi connectivity index (χ0v) is 9.67. The van der Waals surface area contributed by atoms with E-state index in [-0.39, 0.29) is 0 Å². The molecule has 0 aromatic heterocycles. The molecule has 15 heavy (non-hydrogen) atoms. The second kappa shape index (κ2) is 4.90. The number of rotatable bonds is 2. The van der Waals surface area contributed by atoms with E-state index >= 15 is 0 Å². The lowest BCUT2D eigenvalue weighted by Gasteiger charge is -2.28. The van der Waals surface area contributed by atoms with Crippen molar-refractivity contribution in [1.29, 1.82) is 0 Å². The fourth-order valence-electron chi connectivity index (χ4n) is 2.02. The second-order valence-corrected chi connectivity index (χ2v) is 5.42. The molecule has 1 aromatic carbocycles. The van der Waals surface area contributed by atoms with Crippen LogP contribution >= 0.6 is 11.8 Å². The highest BCUT2D eigenvalue weighted by molar-refractivity contribution is 8.00. The van der Waals surface area contributed by atoms with Crippen molar-refractivity contribution in [3.8, 4) is 0 Å². The molecule has 0 heterocycles. The zero-order chi connectivity index (χ0) is 10.7. The molecule has 0 saturated heterocycles. The Morgan fingerprint density at radius 2 is 1.87 bits per heavy atom. The van der Waals surface area contributed by atoms with Crippen LogP contribution in [-0.4, -0.2) is 11.3 Å². The van der Waals surface area contributed by atoms with Crippen LogP contribution < -0.4 is 11.5 Å². The van der Waals surface area contributed by atoms with Crippen molar-refractivity contribution in [2.45, 2.75) is 41.9 Å². The van der Waals surface area contributed by atoms with Gasteiger partial charge in [-0.15, -0.1) is 11.8 Å². The Kier molecular flexibility index (Phi) is 3.54. The molecule has 1 fully saturated rings. The summed E-state index contributed by atoms with van der Waals surface area (Å²) in [5.74, 6) is 0. The molecule has 1 aromatic rings. The third kappa shape index (κ3) is 2.67. The minimum atomic E-state index is 0.336. The van der Waals surface area contributed by atoms with Gasteiger partial charge in [0.25, 0.3) is 0 Å². The van der Waals surface area contributed by atoms with Gasteiger partial charge in [0.05, 0.1) is 0 Å². The maximum absolute atomic E-state index is 6.12. The number of hydrogen-bond donors (Lipinski definition) is 2. The molecule has 0 bridgehead atoms. The summed E-state index contributed by atoms with van der Waals surface area (Å²) in [6, 6.07) is 8.38. The van der Waals surface area contributed by atoms with Gasteiger partial charge >= 0.3 is 0 Å². The molecule has 0 aliphatic heterocycles. The van der Waals surface area contributed by atoms with Crippen molar-refractivity contribution in [2.75, 3.05) is 5.73 Å². The Labute approximate surface area is 95.4 Å². The molecule has 1 aliphatic rings. The molecule has 2 nitrogen and oxygen atoms in total. The third-order valence-corrected chi connectivity index (χ3v) is 4.46. The lowest BCUT2D eigenvalue weighted by atomic mass is 9.96. The summed E-state index contributed by atoms with van der Waals surface area (Å²) >= 11 is 1.85. The van der Waals surface area contributed by atoms with Crippen LogP contribution in [0.5, 0.6) is 0 Å². The van der Waals surface area contributed by atoms with Crippen LogP contribution in [0.15, 0.2) is 29.2 Å². The normalized spacial score (nSPS) is 26.5. The Hall–Kier alpha value is -0.670. The molecule has 3 heteroatoms. The summed E-state index contributed by atoms with van der Waals surface area (Å²) < 4.78 is 0. The Morgan fingerprint density at radius 3 is 2.60 bits per heavy atom. The highest BCUT2D eigenvalue weighted by Crippen LogP contribution is 2.35. The predicted molar refractivity (Wildman–Crippen MR) is 66.9 cm³/mol.